The van der Waals surface area contributed by atoms with Crippen LogP contribution in [0, 0.1) is 23.7 Å². The third kappa shape index (κ3) is 2.99. The summed E-state index contributed by atoms with van der Waals surface area (Å²) in [4.78, 5) is 22.8. The van der Waals surface area contributed by atoms with Crippen LogP contribution in [0.15, 0.2) is 0 Å². The highest BCUT2D eigenvalue weighted by Crippen LogP contribution is 2.53. The van der Waals surface area contributed by atoms with Gasteiger partial charge in [-0.1, -0.05) is 11.8 Å². The standard InChI is InChI=1S/C15H23NO2S/c1-9(17)19-3-2-14(18)16-15-12-5-10-4-11(7-12)8-13(15)6-10/h10-13,15H,2-8H2,1H3,(H,16,18). The van der Waals surface area contributed by atoms with E-state index >= 15 is 0 Å². The molecule has 4 aliphatic rings. The van der Waals surface area contributed by atoms with E-state index in [9.17, 15) is 9.59 Å². The van der Waals surface area contributed by atoms with Crippen LogP contribution >= 0.6 is 11.8 Å². The second-order valence-electron chi connectivity index (χ2n) is 6.61. The van der Waals surface area contributed by atoms with E-state index in [4.69, 9.17) is 0 Å². The molecular weight excluding hydrogens is 258 g/mol. The third-order valence-electron chi connectivity index (χ3n) is 5.19. The Labute approximate surface area is 119 Å². The normalized spacial score (nSPS) is 39.3. The van der Waals surface area contributed by atoms with Crippen LogP contribution in [0.25, 0.3) is 0 Å². The first kappa shape index (κ1) is 13.5. The van der Waals surface area contributed by atoms with Crippen molar-refractivity contribution in [3.8, 4) is 0 Å². The average Bonchev–Trinajstić information content (AvgIpc) is 2.32. The van der Waals surface area contributed by atoms with Crippen molar-refractivity contribution in [3.63, 3.8) is 0 Å². The van der Waals surface area contributed by atoms with Crippen molar-refractivity contribution in [2.24, 2.45) is 23.7 Å². The molecule has 0 saturated heterocycles. The molecule has 4 rings (SSSR count). The number of hydrogen-bond donors (Lipinski definition) is 1. The van der Waals surface area contributed by atoms with Crippen molar-refractivity contribution in [2.45, 2.75) is 51.5 Å². The fourth-order valence-corrected chi connectivity index (χ4v) is 5.28. The lowest BCUT2D eigenvalue weighted by atomic mass is 9.54. The topological polar surface area (TPSA) is 46.2 Å². The molecule has 4 saturated carbocycles. The molecule has 4 aliphatic carbocycles. The van der Waals surface area contributed by atoms with Crippen LogP contribution in [0.3, 0.4) is 0 Å². The van der Waals surface area contributed by atoms with Crippen molar-refractivity contribution in [3.05, 3.63) is 0 Å². The minimum absolute atomic E-state index is 0.0995. The number of thioether (sulfide) groups is 1. The lowest BCUT2D eigenvalue weighted by Crippen LogP contribution is -2.55. The predicted molar refractivity (Wildman–Crippen MR) is 76.7 cm³/mol. The molecule has 0 spiro atoms. The monoisotopic (exact) mass is 281 g/mol. The van der Waals surface area contributed by atoms with Gasteiger partial charge in [0.2, 0.25) is 5.91 Å². The molecule has 3 nitrogen and oxygen atoms in total. The molecule has 0 aromatic rings. The molecule has 0 heterocycles. The minimum Gasteiger partial charge on any atom is -0.353 e. The van der Waals surface area contributed by atoms with E-state index in [0.29, 0.717) is 18.2 Å². The number of amides is 1. The van der Waals surface area contributed by atoms with Gasteiger partial charge in [-0.15, -0.1) is 0 Å². The van der Waals surface area contributed by atoms with E-state index in [2.05, 4.69) is 5.32 Å². The van der Waals surface area contributed by atoms with Crippen LogP contribution in [-0.4, -0.2) is 22.8 Å². The first-order valence-electron chi connectivity index (χ1n) is 7.54. The summed E-state index contributed by atoms with van der Waals surface area (Å²) >= 11 is 1.25. The summed E-state index contributed by atoms with van der Waals surface area (Å²) in [7, 11) is 0. The Kier molecular flexibility index (Phi) is 3.88. The molecular formula is C15H23NO2S. The van der Waals surface area contributed by atoms with Gasteiger partial charge >= 0.3 is 0 Å². The van der Waals surface area contributed by atoms with E-state index in [1.54, 1.807) is 6.92 Å². The number of rotatable bonds is 4. The molecule has 1 amide bonds. The Hall–Kier alpha value is -0.510. The summed E-state index contributed by atoms with van der Waals surface area (Å²) in [5, 5.41) is 3.37. The summed E-state index contributed by atoms with van der Waals surface area (Å²) in [5.41, 5.74) is 0. The second-order valence-corrected chi connectivity index (χ2v) is 7.89. The summed E-state index contributed by atoms with van der Waals surface area (Å²) < 4.78 is 0. The largest absolute Gasteiger partial charge is 0.353 e. The van der Waals surface area contributed by atoms with Crippen molar-refractivity contribution >= 4 is 22.8 Å². The van der Waals surface area contributed by atoms with Gasteiger partial charge in [-0.3, -0.25) is 9.59 Å². The van der Waals surface area contributed by atoms with E-state index in [-0.39, 0.29) is 11.0 Å². The zero-order valence-corrected chi connectivity index (χ0v) is 12.4. The van der Waals surface area contributed by atoms with E-state index < -0.39 is 0 Å². The van der Waals surface area contributed by atoms with Gasteiger partial charge in [0.25, 0.3) is 0 Å². The molecule has 0 atom stereocenters. The van der Waals surface area contributed by atoms with E-state index in [1.807, 2.05) is 0 Å². The summed E-state index contributed by atoms with van der Waals surface area (Å²) in [6, 6.07) is 0.433. The van der Waals surface area contributed by atoms with Gasteiger partial charge in [-0.05, 0) is 55.8 Å². The number of carbonyl (C=O) groups is 2. The van der Waals surface area contributed by atoms with Gasteiger partial charge in [-0.25, -0.2) is 0 Å². The molecule has 0 unspecified atom stereocenters. The first-order chi connectivity index (χ1) is 9.11. The van der Waals surface area contributed by atoms with Crippen LogP contribution in [0.4, 0.5) is 0 Å². The maximum Gasteiger partial charge on any atom is 0.221 e. The van der Waals surface area contributed by atoms with Gasteiger partial charge in [0.05, 0.1) is 0 Å². The second kappa shape index (κ2) is 5.47. The highest BCUT2D eigenvalue weighted by atomic mass is 32.2. The van der Waals surface area contributed by atoms with Gasteiger partial charge in [-0.2, -0.15) is 0 Å². The Morgan fingerprint density at radius 2 is 1.63 bits per heavy atom. The Balaban J connectivity index is 1.50. The molecule has 0 aromatic heterocycles. The predicted octanol–water partition coefficient (Wildman–Crippen LogP) is 2.60. The van der Waals surface area contributed by atoms with Crippen LogP contribution in [-0.2, 0) is 9.59 Å². The zero-order chi connectivity index (χ0) is 13.4. The van der Waals surface area contributed by atoms with Crippen molar-refractivity contribution in [1.29, 1.82) is 0 Å². The van der Waals surface area contributed by atoms with Crippen LogP contribution < -0.4 is 5.32 Å². The lowest BCUT2D eigenvalue weighted by Gasteiger charge is -2.54. The molecule has 4 bridgehead atoms. The number of hydrogen-bond acceptors (Lipinski definition) is 3. The molecule has 4 heteroatoms. The van der Waals surface area contributed by atoms with Gasteiger partial charge in [0.15, 0.2) is 5.12 Å². The summed E-state index contributed by atoms with van der Waals surface area (Å²) in [6.07, 6.45) is 7.26. The number of nitrogens with one attached hydrogen (secondary N) is 1. The van der Waals surface area contributed by atoms with Gasteiger partial charge < -0.3 is 5.32 Å². The molecule has 19 heavy (non-hydrogen) atoms. The van der Waals surface area contributed by atoms with Crippen molar-refractivity contribution < 1.29 is 9.59 Å². The molecule has 0 aliphatic heterocycles. The van der Waals surface area contributed by atoms with Crippen LogP contribution in [0.2, 0.25) is 0 Å². The molecule has 106 valence electrons. The Bertz CT molecular complexity index is 354. The lowest BCUT2D eigenvalue weighted by molar-refractivity contribution is -0.124. The number of carbonyl (C=O) groups excluding carboxylic acids is 2. The molecule has 4 fully saturated rings. The van der Waals surface area contributed by atoms with Crippen LogP contribution in [0.1, 0.15) is 45.4 Å². The third-order valence-corrected chi connectivity index (χ3v) is 6.00. The Morgan fingerprint density at radius 3 is 2.16 bits per heavy atom. The molecule has 0 aromatic carbocycles. The van der Waals surface area contributed by atoms with Crippen LogP contribution in [0.5, 0.6) is 0 Å². The summed E-state index contributed by atoms with van der Waals surface area (Å²) in [5.74, 6) is 4.13. The molecule has 0 radical (unpaired) electrons. The first-order valence-corrected chi connectivity index (χ1v) is 8.53. The fraction of sp³-hybridized carbons (Fsp3) is 0.867. The SMILES string of the molecule is CC(=O)SCCC(=O)NC1C2CC3CC(C2)CC1C3. The minimum atomic E-state index is 0.0995. The highest BCUT2D eigenvalue weighted by molar-refractivity contribution is 8.13. The summed E-state index contributed by atoms with van der Waals surface area (Å²) in [6.45, 7) is 1.56. The van der Waals surface area contributed by atoms with Crippen molar-refractivity contribution in [2.75, 3.05) is 5.75 Å². The van der Waals surface area contributed by atoms with Crippen molar-refractivity contribution in [1.82, 2.24) is 5.32 Å². The van der Waals surface area contributed by atoms with E-state index in [1.165, 1.54) is 43.9 Å². The maximum absolute atomic E-state index is 12.0. The van der Waals surface area contributed by atoms with E-state index in [0.717, 1.165) is 23.7 Å². The average molecular weight is 281 g/mol. The quantitative estimate of drug-likeness (QED) is 0.861. The fourth-order valence-electron chi connectivity index (χ4n) is 4.71. The Morgan fingerprint density at radius 1 is 1.05 bits per heavy atom. The smallest absolute Gasteiger partial charge is 0.221 e. The highest BCUT2D eigenvalue weighted by Gasteiger charge is 2.48. The van der Waals surface area contributed by atoms with Gasteiger partial charge in [0, 0.05) is 25.1 Å². The molecule has 1 N–H and O–H groups in total. The van der Waals surface area contributed by atoms with Gasteiger partial charge in [0.1, 0.15) is 0 Å². The zero-order valence-electron chi connectivity index (χ0n) is 11.6. The maximum atomic E-state index is 12.0.